The second-order valence-electron chi connectivity index (χ2n) is 10.8. The van der Waals surface area contributed by atoms with Gasteiger partial charge in [-0.15, -0.1) is 0 Å². The van der Waals surface area contributed by atoms with E-state index in [1.165, 1.54) is 0 Å². The molecule has 0 spiro atoms. The van der Waals surface area contributed by atoms with Crippen molar-refractivity contribution in [1.29, 1.82) is 5.26 Å². The summed E-state index contributed by atoms with van der Waals surface area (Å²) >= 11 is 21.4. The first-order chi connectivity index (χ1) is 18.4. The molecule has 1 amide bonds. The number of pyridine rings is 1. The van der Waals surface area contributed by atoms with E-state index in [2.05, 4.69) is 39.0 Å². The van der Waals surface area contributed by atoms with Gasteiger partial charge in [0.15, 0.2) is 5.82 Å². The summed E-state index contributed by atoms with van der Waals surface area (Å²) in [4.78, 5) is 19.0. The van der Waals surface area contributed by atoms with Gasteiger partial charge in [0.25, 0.3) is 0 Å². The number of carbonyl (C=O) groups excluding carboxylic acids is 1. The minimum atomic E-state index is -0.585. The Morgan fingerprint density at radius 1 is 1.33 bits per heavy atom. The normalized spacial score (nSPS) is 20.1. The summed E-state index contributed by atoms with van der Waals surface area (Å²) < 4.78 is 22.6. The van der Waals surface area contributed by atoms with Gasteiger partial charge < -0.3 is 15.0 Å². The van der Waals surface area contributed by atoms with Crippen molar-refractivity contribution in [3.05, 3.63) is 54.4 Å². The van der Waals surface area contributed by atoms with Crippen LogP contribution >= 0.6 is 57.4 Å². The van der Waals surface area contributed by atoms with Gasteiger partial charge in [0.05, 0.1) is 37.5 Å². The fourth-order valence-electron chi connectivity index (χ4n) is 5.41. The highest BCUT2D eigenvalue weighted by atomic mass is 127. The number of fused-ring (bicyclic) bond motifs is 2. The molecule has 3 heterocycles. The van der Waals surface area contributed by atoms with Gasteiger partial charge in [0.1, 0.15) is 16.3 Å². The molecule has 1 aliphatic carbocycles. The zero-order valence-electron chi connectivity index (χ0n) is 21.4. The van der Waals surface area contributed by atoms with E-state index < -0.39 is 11.4 Å². The molecule has 3 aromatic rings. The van der Waals surface area contributed by atoms with Crippen LogP contribution in [0, 0.1) is 26.6 Å². The summed E-state index contributed by atoms with van der Waals surface area (Å²) in [6.07, 6.45) is 1.03. The van der Waals surface area contributed by atoms with E-state index in [9.17, 15) is 10.1 Å². The molecule has 2 aromatic carbocycles. The highest BCUT2D eigenvalue weighted by molar-refractivity contribution is 14.1. The molecule has 3 fully saturated rings. The van der Waals surface area contributed by atoms with E-state index in [4.69, 9.17) is 39.5 Å². The van der Waals surface area contributed by atoms with Crippen LogP contribution in [-0.2, 0) is 11.2 Å². The Morgan fingerprint density at radius 2 is 2.08 bits per heavy atom. The number of nitrogens with zero attached hydrogens (tertiary/aromatic N) is 3. The van der Waals surface area contributed by atoms with Gasteiger partial charge in [-0.3, -0.25) is 0 Å². The number of rotatable bonds is 5. The molecule has 0 radical (unpaired) electrons. The van der Waals surface area contributed by atoms with Crippen molar-refractivity contribution in [3.8, 4) is 17.2 Å². The van der Waals surface area contributed by atoms with Gasteiger partial charge in [-0.25, -0.2) is 14.2 Å². The average Bonchev–Trinajstić information content (AvgIpc) is 3.46. The fourth-order valence-corrected chi connectivity index (χ4v) is 6.55. The summed E-state index contributed by atoms with van der Waals surface area (Å²) in [5, 5.41) is 14.1. The number of aromatic nitrogens is 1. The predicted octanol–water partition coefficient (Wildman–Crippen LogP) is 8.48. The van der Waals surface area contributed by atoms with E-state index in [0.29, 0.717) is 43.8 Å². The minimum Gasteiger partial charge on any atom is -0.444 e. The quantitative estimate of drug-likeness (QED) is 0.213. The lowest BCUT2D eigenvalue weighted by Crippen LogP contribution is -2.50. The van der Waals surface area contributed by atoms with Crippen LogP contribution in [0.25, 0.3) is 22.0 Å². The maximum Gasteiger partial charge on any atom is 0.410 e. The molecule has 39 heavy (non-hydrogen) atoms. The van der Waals surface area contributed by atoms with E-state index in [0.717, 1.165) is 6.42 Å². The van der Waals surface area contributed by atoms with Crippen molar-refractivity contribution in [3.63, 3.8) is 0 Å². The molecular weight excluding hydrogens is 677 g/mol. The van der Waals surface area contributed by atoms with Crippen molar-refractivity contribution in [2.24, 2.45) is 5.92 Å². The monoisotopic (exact) mass is 700 g/mol. The van der Waals surface area contributed by atoms with Crippen molar-refractivity contribution in [2.75, 3.05) is 11.9 Å². The molecule has 2 aliphatic heterocycles. The smallest absolute Gasteiger partial charge is 0.410 e. The molecule has 1 aromatic heterocycles. The van der Waals surface area contributed by atoms with Crippen LogP contribution in [0.3, 0.4) is 0 Å². The van der Waals surface area contributed by atoms with Crippen LogP contribution in [0.1, 0.15) is 39.2 Å². The topological polar surface area (TPSA) is 78.2 Å². The molecule has 3 atom stereocenters. The maximum atomic E-state index is 16.4. The number of carbonyl (C=O) groups is 1. The Bertz CT molecular complexity index is 1540. The van der Waals surface area contributed by atoms with E-state index in [1.807, 2.05) is 26.8 Å². The van der Waals surface area contributed by atoms with Gasteiger partial charge in [0, 0.05) is 35.4 Å². The van der Waals surface area contributed by atoms with E-state index in [1.54, 1.807) is 23.1 Å². The van der Waals surface area contributed by atoms with Gasteiger partial charge in [-0.2, -0.15) is 5.26 Å². The molecule has 1 saturated carbocycles. The second-order valence-corrected chi connectivity index (χ2v) is 13.1. The van der Waals surface area contributed by atoms with Crippen LogP contribution in [-0.4, -0.2) is 40.2 Å². The van der Waals surface area contributed by atoms with Crippen molar-refractivity contribution in [1.82, 2.24) is 9.88 Å². The molecular formula is C28H25Cl3FIN4O2. The van der Waals surface area contributed by atoms with E-state index >= 15 is 4.39 Å². The third kappa shape index (κ3) is 5.23. The molecule has 2 saturated heterocycles. The second kappa shape index (κ2) is 10.7. The van der Waals surface area contributed by atoms with Crippen LogP contribution in [0.2, 0.25) is 15.2 Å². The summed E-state index contributed by atoms with van der Waals surface area (Å²) in [6.45, 7) is 6.12. The molecule has 11 heteroatoms. The highest BCUT2D eigenvalue weighted by Crippen LogP contribution is 2.47. The first-order valence-electron chi connectivity index (χ1n) is 12.5. The van der Waals surface area contributed by atoms with Crippen LogP contribution in [0.5, 0.6) is 0 Å². The summed E-state index contributed by atoms with van der Waals surface area (Å²) in [5.74, 6) is -0.356. The van der Waals surface area contributed by atoms with Crippen molar-refractivity contribution < 1.29 is 13.9 Å². The first kappa shape index (κ1) is 28.5. The van der Waals surface area contributed by atoms with Gasteiger partial charge in [0.2, 0.25) is 0 Å². The van der Waals surface area contributed by atoms with Crippen molar-refractivity contribution in [2.45, 2.75) is 57.7 Å². The number of amides is 1. The zero-order chi connectivity index (χ0) is 28.2. The number of ether oxygens (including phenoxy) is 1. The van der Waals surface area contributed by atoms with Gasteiger partial charge in [-0.1, -0.05) is 46.9 Å². The van der Waals surface area contributed by atoms with Crippen LogP contribution in [0.15, 0.2) is 24.3 Å². The van der Waals surface area contributed by atoms with Gasteiger partial charge in [-0.05, 0) is 73.9 Å². The molecule has 1 N–H and O–H groups in total. The highest BCUT2D eigenvalue weighted by Gasteiger charge is 2.55. The number of nitrogens with one attached hydrogen (secondary N) is 1. The Labute approximate surface area is 254 Å². The lowest BCUT2D eigenvalue weighted by molar-refractivity contribution is 0.0239. The maximum absolute atomic E-state index is 16.4. The standard InChI is InChI=1S/C28H25Cl3FIN4O2/c1-28(2,3)39-27(38)37-12-14-11-18(37)23(14)35-25-16-10-13(6-5-9-34)19(15-7-4-8-17(29)20(15)30)21(32)24(16)36-26(31)22(25)33/h4,7-8,10,14,18,23H,5-6,11-12H2,1-3H3,(H,35,36)/t14-,18-,23+/m1/s1. The summed E-state index contributed by atoms with van der Waals surface area (Å²) in [6, 6.07) is 8.93. The fraction of sp³-hybridized carbons (Fsp3) is 0.393. The first-order valence-corrected chi connectivity index (χ1v) is 14.7. The van der Waals surface area contributed by atoms with E-state index in [-0.39, 0.29) is 51.8 Å². The number of nitriles is 1. The molecule has 204 valence electrons. The number of aryl methyl sites for hydroxylation is 1. The number of benzene rings is 2. The Morgan fingerprint density at radius 3 is 2.77 bits per heavy atom. The Kier molecular flexibility index (Phi) is 7.83. The van der Waals surface area contributed by atoms with Crippen LogP contribution in [0.4, 0.5) is 14.9 Å². The SMILES string of the molecule is CC(C)(C)OC(=O)N1C[C@H]2C[C@@H]1[C@H]2Nc1c(I)c(Cl)nc2c(F)c(-c3cccc(Cl)c3Cl)c(CCC#N)cc12. The van der Waals surface area contributed by atoms with Crippen LogP contribution < -0.4 is 5.32 Å². The van der Waals surface area contributed by atoms with Gasteiger partial charge >= 0.3 is 6.09 Å². The third-order valence-corrected chi connectivity index (χ3v) is 9.63. The summed E-state index contributed by atoms with van der Waals surface area (Å²) in [7, 11) is 0. The Hall–Kier alpha value is -2.06. The molecule has 2 bridgehead atoms. The molecule has 6 rings (SSSR count). The zero-order valence-corrected chi connectivity index (χ0v) is 25.8. The Balaban J connectivity index is 1.59. The number of hydrogen-bond acceptors (Lipinski definition) is 5. The lowest BCUT2D eigenvalue weighted by Gasteiger charge is -2.38. The average molecular weight is 702 g/mol. The predicted molar refractivity (Wildman–Crippen MR) is 161 cm³/mol. The molecule has 3 aliphatic rings. The third-order valence-electron chi connectivity index (χ3n) is 7.17. The largest absolute Gasteiger partial charge is 0.444 e. The number of anilines is 1. The lowest BCUT2D eigenvalue weighted by atomic mass is 9.79. The number of halogens is 5. The molecule has 6 nitrogen and oxygen atoms in total. The molecule has 0 unspecified atom stereocenters. The summed E-state index contributed by atoms with van der Waals surface area (Å²) in [5.41, 5.74) is 1.44. The minimum absolute atomic E-state index is 0.0413. The number of hydrogen-bond donors (Lipinski definition) is 1. The van der Waals surface area contributed by atoms with Crippen molar-refractivity contribution >= 4 is 80.1 Å².